The number of benzene rings is 1. The lowest BCUT2D eigenvalue weighted by Gasteiger charge is -2.09. The number of aryl methyl sites for hydroxylation is 1. The van der Waals surface area contributed by atoms with E-state index in [1.807, 2.05) is 12.1 Å². The van der Waals surface area contributed by atoms with Crippen LogP contribution in [0.15, 0.2) is 24.3 Å². The highest BCUT2D eigenvalue weighted by atomic mass is 32.1. The maximum atomic E-state index is 12.3. The highest BCUT2D eigenvalue weighted by Gasteiger charge is 2.21. The first-order valence-corrected chi connectivity index (χ1v) is 10.5. The molecule has 5 heteroatoms. The van der Waals surface area contributed by atoms with Crippen molar-refractivity contribution in [1.29, 1.82) is 5.26 Å². The van der Waals surface area contributed by atoms with Gasteiger partial charge in [-0.3, -0.25) is 4.79 Å². The number of fused-ring (bicyclic) bond motifs is 1. The normalized spacial score (nSPS) is 13.1. The first-order chi connectivity index (χ1) is 13.1. The maximum absolute atomic E-state index is 12.3. The summed E-state index contributed by atoms with van der Waals surface area (Å²) < 4.78 is 5.72. The van der Waals surface area contributed by atoms with Crippen LogP contribution in [0.25, 0.3) is 0 Å². The molecule has 0 fully saturated rings. The molecule has 0 spiro atoms. The van der Waals surface area contributed by atoms with Gasteiger partial charge < -0.3 is 10.1 Å². The molecule has 1 aliphatic carbocycles. The van der Waals surface area contributed by atoms with Crippen LogP contribution in [0.4, 0.5) is 5.00 Å². The van der Waals surface area contributed by atoms with Crippen molar-refractivity contribution in [1.82, 2.24) is 0 Å². The minimum absolute atomic E-state index is 0.0520. The summed E-state index contributed by atoms with van der Waals surface area (Å²) in [6.07, 6.45) is 5.30. The average Bonchev–Trinajstić information content (AvgIpc) is 3.02. The van der Waals surface area contributed by atoms with Crippen molar-refractivity contribution in [3.63, 3.8) is 0 Å². The molecule has 1 N–H and O–H groups in total. The van der Waals surface area contributed by atoms with Crippen molar-refractivity contribution in [2.24, 2.45) is 0 Å². The molecule has 1 heterocycles. The Morgan fingerprint density at radius 3 is 2.70 bits per heavy atom. The van der Waals surface area contributed by atoms with Crippen LogP contribution < -0.4 is 10.1 Å². The number of nitriles is 1. The smallest absolute Gasteiger partial charge is 0.225 e. The quantitative estimate of drug-likeness (QED) is 0.650. The van der Waals surface area contributed by atoms with E-state index in [9.17, 15) is 10.1 Å². The number of hydrogen-bond donors (Lipinski definition) is 1. The summed E-state index contributed by atoms with van der Waals surface area (Å²) >= 11 is 1.57. The average molecular weight is 383 g/mol. The summed E-state index contributed by atoms with van der Waals surface area (Å²) in [6, 6.07) is 10.4. The zero-order chi connectivity index (χ0) is 19.2. The molecule has 0 aliphatic heterocycles. The fourth-order valence-electron chi connectivity index (χ4n) is 3.33. The van der Waals surface area contributed by atoms with E-state index in [-0.39, 0.29) is 5.91 Å². The largest absolute Gasteiger partial charge is 0.494 e. The number of carbonyl (C=O) groups excluding carboxylic acids is 1. The van der Waals surface area contributed by atoms with Crippen molar-refractivity contribution in [3.8, 4) is 11.8 Å². The molecule has 0 bridgehead atoms. The molecule has 1 aromatic carbocycles. The predicted octanol–water partition coefficient (Wildman–Crippen LogP) is 5.42. The third-order valence-corrected chi connectivity index (χ3v) is 6.11. The molecule has 3 rings (SSSR count). The van der Waals surface area contributed by atoms with Gasteiger partial charge in [-0.15, -0.1) is 11.3 Å². The molecule has 0 saturated carbocycles. The summed E-state index contributed by atoms with van der Waals surface area (Å²) in [5.74, 6) is 1.28. The number of rotatable bonds is 7. The number of anilines is 1. The SMILES string of the molecule is CC(C)c1ccc(OCCCC(=O)Nc2sc3c(c2C#N)CCCC3)cc1. The minimum atomic E-state index is -0.0520. The zero-order valence-electron chi connectivity index (χ0n) is 16.0. The Morgan fingerprint density at radius 1 is 1.26 bits per heavy atom. The fourth-order valence-corrected chi connectivity index (χ4v) is 4.59. The number of carbonyl (C=O) groups is 1. The van der Waals surface area contributed by atoms with Crippen molar-refractivity contribution >= 4 is 22.2 Å². The summed E-state index contributed by atoms with van der Waals surface area (Å²) in [5.41, 5.74) is 3.11. The lowest BCUT2D eigenvalue weighted by molar-refractivity contribution is -0.116. The molecule has 0 unspecified atom stereocenters. The number of ether oxygens (including phenoxy) is 1. The highest BCUT2D eigenvalue weighted by Crippen LogP contribution is 2.37. The van der Waals surface area contributed by atoms with E-state index in [0.29, 0.717) is 30.9 Å². The van der Waals surface area contributed by atoms with Crippen LogP contribution in [0.5, 0.6) is 5.75 Å². The van der Waals surface area contributed by atoms with Gasteiger partial charge in [0.05, 0.1) is 12.2 Å². The number of nitrogens with zero attached hydrogens (tertiary/aromatic N) is 1. The molecule has 0 radical (unpaired) electrons. The van der Waals surface area contributed by atoms with Gasteiger partial charge >= 0.3 is 0 Å². The number of nitrogens with one attached hydrogen (secondary N) is 1. The van der Waals surface area contributed by atoms with Crippen molar-refractivity contribution in [2.45, 2.75) is 58.3 Å². The second kappa shape index (κ2) is 9.05. The molecule has 1 aromatic heterocycles. The third kappa shape index (κ3) is 4.90. The van der Waals surface area contributed by atoms with Crippen LogP contribution in [0.3, 0.4) is 0 Å². The Bertz CT molecular complexity index is 831. The van der Waals surface area contributed by atoms with Gasteiger partial charge in [0.15, 0.2) is 0 Å². The zero-order valence-corrected chi connectivity index (χ0v) is 16.8. The Kier molecular flexibility index (Phi) is 6.52. The van der Waals surface area contributed by atoms with Gasteiger partial charge in [-0.2, -0.15) is 5.26 Å². The molecular formula is C22H26N2O2S. The monoisotopic (exact) mass is 382 g/mol. The van der Waals surface area contributed by atoms with Crippen LogP contribution in [0.1, 0.15) is 67.0 Å². The first-order valence-electron chi connectivity index (χ1n) is 9.65. The van der Waals surface area contributed by atoms with Gasteiger partial charge in [0.25, 0.3) is 0 Å². The molecule has 142 valence electrons. The molecule has 0 atom stereocenters. The van der Waals surface area contributed by atoms with E-state index in [1.54, 1.807) is 11.3 Å². The van der Waals surface area contributed by atoms with Gasteiger partial charge in [0.2, 0.25) is 5.91 Å². The number of hydrogen-bond acceptors (Lipinski definition) is 4. The maximum Gasteiger partial charge on any atom is 0.225 e. The summed E-state index contributed by atoms with van der Waals surface area (Å²) in [7, 11) is 0. The Balaban J connectivity index is 1.46. The Morgan fingerprint density at radius 2 is 2.00 bits per heavy atom. The van der Waals surface area contributed by atoms with Crippen molar-refractivity contribution in [2.75, 3.05) is 11.9 Å². The fraction of sp³-hybridized carbons (Fsp3) is 0.455. The summed E-state index contributed by atoms with van der Waals surface area (Å²) in [4.78, 5) is 13.5. The summed E-state index contributed by atoms with van der Waals surface area (Å²) in [6.45, 7) is 4.83. The van der Waals surface area contributed by atoms with Crippen LogP contribution in [0.2, 0.25) is 0 Å². The van der Waals surface area contributed by atoms with Gasteiger partial charge in [-0.05, 0) is 61.3 Å². The second-order valence-corrected chi connectivity index (χ2v) is 8.36. The first kappa shape index (κ1) is 19.4. The molecular weight excluding hydrogens is 356 g/mol. The molecule has 27 heavy (non-hydrogen) atoms. The van der Waals surface area contributed by atoms with E-state index in [0.717, 1.165) is 35.6 Å². The standard InChI is InChI=1S/C22H26N2O2S/c1-15(2)16-9-11-17(12-10-16)26-13-5-8-21(25)24-22-19(14-23)18-6-3-4-7-20(18)27-22/h9-12,15H,3-8,13H2,1-2H3,(H,24,25). The molecule has 0 saturated heterocycles. The van der Waals surface area contributed by atoms with E-state index in [4.69, 9.17) is 4.74 Å². The molecule has 2 aromatic rings. The molecule has 4 nitrogen and oxygen atoms in total. The second-order valence-electron chi connectivity index (χ2n) is 7.25. The van der Waals surface area contributed by atoms with Gasteiger partial charge in [0, 0.05) is 11.3 Å². The van der Waals surface area contributed by atoms with Crippen LogP contribution in [0, 0.1) is 11.3 Å². The van der Waals surface area contributed by atoms with Crippen LogP contribution >= 0.6 is 11.3 Å². The van der Waals surface area contributed by atoms with Crippen LogP contribution in [-0.2, 0) is 17.6 Å². The van der Waals surface area contributed by atoms with Crippen molar-refractivity contribution < 1.29 is 9.53 Å². The highest BCUT2D eigenvalue weighted by molar-refractivity contribution is 7.16. The number of thiophene rings is 1. The molecule has 1 aliphatic rings. The Hall–Kier alpha value is -2.32. The van der Waals surface area contributed by atoms with Gasteiger partial charge in [-0.1, -0.05) is 26.0 Å². The molecule has 1 amide bonds. The third-order valence-electron chi connectivity index (χ3n) is 4.90. The van der Waals surface area contributed by atoms with E-state index < -0.39 is 0 Å². The van der Waals surface area contributed by atoms with E-state index in [2.05, 4.69) is 37.4 Å². The lowest BCUT2D eigenvalue weighted by Crippen LogP contribution is -2.12. The lowest BCUT2D eigenvalue weighted by atomic mass is 9.96. The van der Waals surface area contributed by atoms with E-state index >= 15 is 0 Å². The topological polar surface area (TPSA) is 62.1 Å². The summed E-state index contributed by atoms with van der Waals surface area (Å²) in [5, 5.41) is 13.1. The Labute approximate surface area is 165 Å². The number of amides is 1. The predicted molar refractivity (Wildman–Crippen MR) is 110 cm³/mol. The van der Waals surface area contributed by atoms with Gasteiger partial charge in [-0.25, -0.2) is 0 Å². The van der Waals surface area contributed by atoms with Crippen molar-refractivity contribution in [3.05, 3.63) is 45.8 Å². The van der Waals surface area contributed by atoms with Crippen LogP contribution in [-0.4, -0.2) is 12.5 Å². The van der Waals surface area contributed by atoms with Gasteiger partial charge in [0.1, 0.15) is 16.8 Å². The minimum Gasteiger partial charge on any atom is -0.494 e. The van der Waals surface area contributed by atoms with E-state index in [1.165, 1.54) is 16.9 Å².